The van der Waals surface area contributed by atoms with Crippen LogP contribution in [-0.2, 0) is 23.9 Å². The summed E-state index contributed by atoms with van der Waals surface area (Å²) in [5.41, 5.74) is 0. The van der Waals surface area contributed by atoms with Crippen LogP contribution in [0.5, 0.6) is 0 Å². The zero-order chi connectivity index (χ0) is 17.9. The van der Waals surface area contributed by atoms with E-state index in [1.54, 1.807) is 12.0 Å². The fourth-order valence-corrected chi connectivity index (χ4v) is 2.85. The number of hydrogen-bond acceptors (Lipinski definition) is 5. The Morgan fingerprint density at radius 1 is 1.17 bits per heavy atom. The third-order valence-corrected chi connectivity index (χ3v) is 4.09. The lowest BCUT2D eigenvalue weighted by atomic mass is 10.1. The van der Waals surface area contributed by atoms with Crippen LogP contribution < -0.4 is 0 Å². The number of carbonyl (C=O) groups is 3. The highest BCUT2D eigenvalue weighted by Crippen LogP contribution is 2.18. The van der Waals surface area contributed by atoms with Gasteiger partial charge in [0.05, 0.1) is 26.2 Å². The SMILES string of the molecule is COCCOCCC(=O)N1CCCC(N(CC(=O)O)C(C)=O)CC1. The van der Waals surface area contributed by atoms with E-state index in [1.807, 2.05) is 0 Å². The standard InChI is InChI=1S/C16H28N2O6/c1-13(19)18(12-16(21)22)14-4-3-7-17(8-5-14)15(20)6-9-24-11-10-23-2/h14H,3-12H2,1-2H3,(H,21,22). The Labute approximate surface area is 142 Å². The molecule has 1 N–H and O–H groups in total. The first-order valence-corrected chi connectivity index (χ1v) is 8.29. The minimum atomic E-state index is -1.02. The number of hydrogen-bond donors (Lipinski definition) is 1. The minimum Gasteiger partial charge on any atom is -0.480 e. The van der Waals surface area contributed by atoms with Gasteiger partial charge in [0.1, 0.15) is 6.54 Å². The molecule has 0 aromatic carbocycles. The predicted octanol–water partition coefficient (Wildman–Crippen LogP) is 0.354. The van der Waals surface area contributed by atoms with Crippen molar-refractivity contribution in [3.8, 4) is 0 Å². The summed E-state index contributed by atoms with van der Waals surface area (Å²) in [7, 11) is 1.59. The van der Waals surface area contributed by atoms with Crippen LogP contribution in [0.25, 0.3) is 0 Å². The topological polar surface area (TPSA) is 96.4 Å². The number of likely N-dealkylation sites (tertiary alicyclic amines) is 1. The molecule has 1 saturated heterocycles. The molecule has 0 aromatic rings. The average Bonchev–Trinajstić information content (AvgIpc) is 2.77. The second-order valence-corrected chi connectivity index (χ2v) is 5.86. The predicted molar refractivity (Wildman–Crippen MR) is 86.6 cm³/mol. The minimum absolute atomic E-state index is 0.0284. The normalized spacial score (nSPS) is 18.1. The van der Waals surface area contributed by atoms with Crippen molar-refractivity contribution in [2.75, 3.05) is 46.6 Å². The fourth-order valence-electron chi connectivity index (χ4n) is 2.85. The summed E-state index contributed by atoms with van der Waals surface area (Å²) in [4.78, 5) is 38.0. The van der Waals surface area contributed by atoms with Crippen molar-refractivity contribution < 1.29 is 29.0 Å². The number of rotatable bonds is 9. The molecule has 1 rings (SSSR count). The maximum absolute atomic E-state index is 12.2. The maximum atomic E-state index is 12.2. The molecule has 0 bridgehead atoms. The maximum Gasteiger partial charge on any atom is 0.323 e. The zero-order valence-corrected chi connectivity index (χ0v) is 14.5. The molecule has 0 radical (unpaired) electrons. The number of carboxylic acid groups (broad SMARTS) is 1. The van der Waals surface area contributed by atoms with Crippen molar-refractivity contribution in [1.29, 1.82) is 0 Å². The third kappa shape index (κ3) is 7.27. The molecule has 1 aliphatic heterocycles. The molecule has 8 heteroatoms. The van der Waals surface area contributed by atoms with Crippen molar-refractivity contribution in [2.45, 2.75) is 38.6 Å². The quantitative estimate of drug-likeness (QED) is 0.607. The average molecular weight is 344 g/mol. The van der Waals surface area contributed by atoms with E-state index in [-0.39, 0.29) is 24.4 Å². The van der Waals surface area contributed by atoms with Gasteiger partial charge in [-0.15, -0.1) is 0 Å². The first kappa shape index (κ1) is 20.4. The lowest BCUT2D eigenvalue weighted by molar-refractivity contribution is -0.145. The molecule has 1 atom stereocenters. The number of aliphatic carboxylic acids is 1. The number of nitrogens with zero attached hydrogens (tertiary/aromatic N) is 2. The van der Waals surface area contributed by atoms with E-state index < -0.39 is 5.97 Å². The van der Waals surface area contributed by atoms with Gasteiger partial charge >= 0.3 is 5.97 Å². The van der Waals surface area contributed by atoms with Crippen LogP contribution in [0.4, 0.5) is 0 Å². The molecule has 24 heavy (non-hydrogen) atoms. The van der Waals surface area contributed by atoms with Crippen molar-refractivity contribution in [3.63, 3.8) is 0 Å². The lowest BCUT2D eigenvalue weighted by Crippen LogP contribution is -2.43. The van der Waals surface area contributed by atoms with E-state index in [2.05, 4.69) is 0 Å². The van der Waals surface area contributed by atoms with Gasteiger partial charge < -0.3 is 24.4 Å². The lowest BCUT2D eigenvalue weighted by Gasteiger charge is -2.28. The van der Waals surface area contributed by atoms with Crippen LogP contribution in [-0.4, -0.2) is 85.3 Å². The van der Waals surface area contributed by atoms with Gasteiger partial charge in [-0.1, -0.05) is 0 Å². The third-order valence-electron chi connectivity index (χ3n) is 4.09. The second kappa shape index (κ2) is 11.0. The summed E-state index contributed by atoms with van der Waals surface area (Å²) in [6, 6.07) is -0.130. The van der Waals surface area contributed by atoms with E-state index >= 15 is 0 Å². The van der Waals surface area contributed by atoms with Crippen LogP contribution in [0, 0.1) is 0 Å². The Morgan fingerprint density at radius 2 is 1.92 bits per heavy atom. The van der Waals surface area contributed by atoms with Gasteiger partial charge in [0, 0.05) is 33.2 Å². The number of carbonyl (C=O) groups excluding carboxylic acids is 2. The molecule has 1 fully saturated rings. The van der Waals surface area contributed by atoms with Gasteiger partial charge in [0.25, 0.3) is 0 Å². The van der Waals surface area contributed by atoms with Gasteiger partial charge in [0.15, 0.2) is 0 Å². The van der Waals surface area contributed by atoms with Gasteiger partial charge in [-0.05, 0) is 19.3 Å². The molecule has 1 heterocycles. The Morgan fingerprint density at radius 3 is 2.54 bits per heavy atom. The molecule has 0 aromatic heterocycles. The summed E-state index contributed by atoms with van der Waals surface area (Å²) >= 11 is 0. The van der Waals surface area contributed by atoms with Crippen molar-refractivity contribution in [1.82, 2.24) is 9.80 Å². The van der Waals surface area contributed by atoms with Crippen LogP contribution in [0.3, 0.4) is 0 Å². The van der Waals surface area contributed by atoms with Gasteiger partial charge in [-0.3, -0.25) is 14.4 Å². The zero-order valence-electron chi connectivity index (χ0n) is 14.5. The summed E-state index contributed by atoms with van der Waals surface area (Å²) in [6.07, 6.45) is 2.38. The Kier molecular flexibility index (Phi) is 9.33. The molecule has 8 nitrogen and oxygen atoms in total. The van der Waals surface area contributed by atoms with E-state index in [1.165, 1.54) is 11.8 Å². The molecule has 0 spiro atoms. The van der Waals surface area contributed by atoms with Gasteiger partial charge in [-0.25, -0.2) is 0 Å². The molecule has 0 aliphatic carbocycles. The molecule has 138 valence electrons. The van der Waals surface area contributed by atoms with Crippen LogP contribution in [0.2, 0.25) is 0 Å². The molecular formula is C16H28N2O6. The van der Waals surface area contributed by atoms with E-state index in [0.717, 1.165) is 6.42 Å². The Bertz CT molecular complexity index is 429. The van der Waals surface area contributed by atoms with Crippen molar-refractivity contribution in [2.24, 2.45) is 0 Å². The number of carboxylic acids is 1. The summed E-state index contributed by atoms with van der Waals surface area (Å²) in [5.74, 6) is -1.23. The monoisotopic (exact) mass is 344 g/mol. The highest BCUT2D eigenvalue weighted by Gasteiger charge is 2.27. The fraction of sp³-hybridized carbons (Fsp3) is 0.812. The highest BCUT2D eigenvalue weighted by atomic mass is 16.5. The molecule has 1 aliphatic rings. The summed E-state index contributed by atoms with van der Waals surface area (Å²) in [5, 5.41) is 8.95. The van der Waals surface area contributed by atoms with Crippen molar-refractivity contribution >= 4 is 17.8 Å². The number of methoxy groups -OCH3 is 1. The van der Waals surface area contributed by atoms with E-state index in [4.69, 9.17) is 14.6 Å². The van der Waals surface area contributed by atoms with Crippen LogP contribution in [0.15, 0.2) is 0 Å². The van der Waals surface area contributed by atoms with Crippen LogP contribution >= 0.6 is 0 Å². The Hall–Kier alpha value is -1.67. The van der Waals surface area contributed by atoms with Gasteiger partial charge in [-0.2, -0.15) is 0 Å². The smallest absolute Gasteiger partial charge is 0.323 e. The Balaban J connectivity index is 2.44. The molecule has 1 unspecified atom stereocenters. The highest BCUT2D eigenvalue weighted by molar-refractivity contribution is 5.80. The number of amides is 2. The number of ether oxygens (including phenoxy) is 2. The van der Waals surface area contributed by atoms with Crippen LogP contribution in [0.1, 0.15) is 32.6 Å². The van der Waals surface area contributed by atoms with Gasteiger partial charge in [0.2, 0.25) is 11.8 Å². The molecular weight excluding hydrogens is 316 g/mol. The van der Waals surface area contributed by atoms with E-state index in [0.29, 0.717) is 52.2 Å². The summed E-state index contributed by atoms with van der Waals surface area (Å²) in [6.45, 7) is 3.59. The summed E-state index contributed by atoms with van der Waals surface area (Å²) < 4.78 is 10.2. The first-order chi connectivity index (χ1) is 11.5. The van der Waals surface area contributed by atoms with E-state index in [9.17, 15) is 14.4 Å². The first-order valence-electron chi connectivity index (χ1n) is 8.29. The second-order valence-electron chi connectivity index (χ2n) is 5.86. The van der Waals surface area contributed by atoms with Crippen molar-refractivity contribution in [3.05, 3.63) is 0 Å². The largest absolute Gasteiger partial charge is 0.480 e. The molecule has 0 saturated carbocycles. The molecule has 2 amide bonds.